The predicted octanol–water partition coefficient (Wildman–Crippen LogP) is 5.02. The summed E-state index contributed by atoms with van der Waals surface area (Å²) in [6.07, 6.45) is 0. The van der Waals surface area contributed by atoms with E-state index in [1.54, 1.807) is 34.9 Å². The van der Waals surface area contributed by atoms with Crippen LogP contribution in [0.2, 0.25) is 5.02 Å². The van der Waals surface area contributed by atoms with Gasteiger partial charge in [0, 0.05) is 22.0 Å². The maximum absolute atomic E-state index is 13.1. The molecular formula is C25H22ClN3O6S. The zero-order valence-electron chi connectivity index (χ0n) is 19.4. The van der Waals surface area contributed by atoms with Gasteiger partial charge in [-0.2, -0.15) is 0 Å². The number of benzene rings is 3. The molecule has 0 aliphatic rings. The van der Waals surface area contributed by atoms with Crippen molar-refractivity contribution in [3.05, 3.63) is 98.7 Å². The van der Waals surface area contributed by atoms with Crippen molar-refractivity contribution in [2.75, 3.05) is 6.61 Å². The highest BCUT2D eigenvalue weighted by Gasteiger charge is 2.28. The number of nitrogens with one attached hydrogen (secondary N) is 1. The monoisotopic (exact) mass is 527 g/mol. The number of halogens is 1. The molecular weight excluding hydrogens is 506 g/mol. The largest absolute Gasteiger partial charge is 0.492 e. The number of ether oxygens (including phenoxy) is 1. The molecule has 0 saturated carbocycles. The quantitative estimate of drug-likeness (QED) is 0.254. The average molecular weight is 528 g/mol. The fourth-order valence-electron chi connectivity index (χ4n) is 3.95. The molecule has 0 aliphatic heterocycles. The van der Waals surface area contributed by atoms with Crippen LogP contribution in [0.15, 0.2) is 71.6 Å². The summed E-state index contributed by atoms with van der Waals surface area (Å²) in [4.78, 5) is 23.0. The highest BCUT2D eigenvalue weighted by Crippen LogP contribution is 2.27. The number of carbonyl (C=O) groups is 1. The maximum atomic E-state index is 13.1. The number of nitro groups is 1. The van der Waals surface area contributed by atoms with E-state index in [0.717, 1.165) is 28.6 Å². The minimum atomic E-state index is -4.51. The minimum absolute atomic E-state index is 0.0745. The number of rotatable bonds is 8. The van der Waals surface area contributed by atoms with E-state index in [2.05, 4.69) is 0 Å². The lowest BCUT2D eigenvalue weighted by molar-refractivity contribution is -0.387. The van der Waals surface area contributed by atoms with E-state index in [1.807, 2.05) is 30.7 Å². The molecule has 0 saturated heterocycles. The topological polar surface area (TPSA) is 121 Å². The van der Waals surface area contributed by atoms with Crippen molar-refractivity contribution in [3.8, 4) is 5.75 Å². The molecule has 0 bridgehead atoms. The Morgan fingerprint density at radius 2 is 1.69 bits per heavy atom. The van der Waals surface area contributed by atoms with E-state index < -0.39 is 31.4 Å². The van der Waals surface area contributed by atoms with Crippen LogP contribution >= 0.6 is 11.6 Å². The molecule has 1 amide bonds. The zero-order chi connectivity index (χ0) is 26.0. The molecule has 1 N–H and O–H groups in total. The van der Waals surface area contributed by atoms with Crippen molar-refractivity contribution in [2.24, 2.45) is 0 Å². The number of carbonyl (C=O) groups excluding carboxylic acids is 1. The normalized spacial score (nSPS) is 11.4. The van der Waals surface area contributed by atoms with Crippen LogP contribution in [-0.4, -0.2) is 30.4 Å². The van der Waals surface area contributed by atoms with Crippen LogP contribution < -0.4 is 9.46 Å². The van der Waals surface area contributed by atoms with E-state index in [1.165, 1.54) is 12.1 Å². The SMILES string of the molecule is Cc1cc(OCCn2c(C(=O)NS(=O)(=O)c3ccccc3[N+](=O)[O-])cc3ccccc32)cc(C)c1Cl. The molecule has 4 aromatic rings. The van der Waals surface area contributed by atoms with Gasteiger partial charge in [0.25, 0.3) is 21.6 Å². The molecule has 0 spiro atoms. The number of fused-ring (bicyclic) bond motifs is 1. The smallest absolute Gasteiger partial charge is 0.289 e. The van der Waals surface area contributed by atoms with Gasteiger partial charge < -0.3 is 9.30 Å². The first kappa shape index (κ1) is 25.2. The van der Waals surface area contributed by atoms with Crippen LogP contribution in [-0.2, 0) is 16.6 Å². The molecule has 1 aromatic heterocycles. The summed E-state index contributed by atoms with van der Waals surface area (Å²) in [7, 11) is -4.51. The summed E-state index contributed by atoms with van der Waals surface area (Å²) in [5.74, 6) is -0.293. The first-order valence-electron chi connectivity index (χ1n) is 10.9. The number of amides is 1. The van der Waals surface area contributed by atoms with Gasteiger partial charge in [0.15, 0.2) is 4.90 Å². The fraction of sp³-hybridized carbons (Fsp3) is 0.160. The van der Waals surface area contributed by atoms with Gasteiger partial charge in [-0.15, -0.1) is 0 Å². The van der Waals surface area contributed by atoms with Crippen LogP contribution in [0, 0.1) is 24.0 Å². The Kier molecular flexibility index (Phi) is 7.00. The average Bonchev–Trinajstić information content (AvgIpc) is 3.21. The Hall–Kier alpha value is -3.89. The first-order chi connectivity index (χ1) is 17.1. The standard InChI is InChI=1S/C25H22ClN3O6S/c1-16-13-19(14-17(2)24(16)26)35-12-11-28-20-8-4-3-7-18(20)15-22(28)25(30)27-36(33,34)23-10-6-5-9-21(23)29(31)32/h3-10,13-15H,11-12H2,1-2H3,(H,27,30). The summed E-state index contributed by atoms with van der Waals surface area (Å²) in [6, 6.07) is 17.2. The third kappa shape index (κ3) is 5.05. The second-order valence-electron chi connectivity index (χ2n) is 8.12. The molecule has 0 fully saturated rings. The molecule has 0 atom stereocenters. The molecule has 0 unspecified atom stereocenters. The van der Waals surface area contributed by atoms with E-state index in [-0.39, 0.29) is 18.8 Å². The number of nitrogens with zero attached hydrogens (tertiary/aromatic N) is 2. The number of hydrogen-bond acceptors (Lipinski definition) is 6. The molecule has 0 radical (unpaired) electrons. The van der Waals surface area contributed by atoms with Gasteiger partial charge in [-0.1, -0.05) is 41.9 Å². The van der Waals surface area contributed by atoms with E-state index in [0.29, 0.717) is 16.3 Å². The Morgan fingerprint density at radius 3 is 2.39 bits per heavy atom. The van der Waals surface area contributed by atoms with Crippen LogP contribution in [0.5, 0.6) is 5.75 Å². The van der Waals surface area contributed by atoms with Gasteiger partial charge in [-0.25, -0.2) is 13.1 Å². The minimum Gasteiger partial charge on any atom is -0.492 e. The predicted molar refractivity (Wildman–Crippen MR) is 136 cm³/mol. The Labute approximate surface area is 212 Å². The van der Waals surface area contributed by atoms with Crippen molar-refractivity contribution >= 4 is 44.1 Å². The lowest BCUT2D eigenvalue weighted by atomic mass is 10.1. The number of para-hydroxylation sites is 2. The summed E-state index contributed by atoms with van der Waals surface area (Å²) in [6.45, 7) is 4.18. The second kappa shape index (κ2) is 10.00. The summed E-state index contributed by atoms with van der Waals surface area (Å²) in [5.41, 5.74) is 1.90. The van der Waals surface area contributed by atoms with Crippen LogP contribution in [0.4, 0.5) is 5.69 Å². The lowest BCUT2D eigenvalue weighted by Gasteiger charge is -2.14. The van der Waals surface area contributed by atoms with Crippen molar-refractivity contribution in [1.82, 2.24) is 9.29 Å². The molecule has 186 valence electrons. The molecule has 0 aliphatic carbocycles. The number of nitro benzene ring substituents is 1. The summed E-state index contributed by atoms with van der Waals surface area (Å²) in [5, 5.41) is 12.7. The van der Waals surface area contributed by atoms with Crippen molar-refractivity contribution in [3.63, 3.8) is 0 Å². The molecule has 11 heteroatoms. The van der Waals surface area contributed by atoms with Gasteiger partial charge in [0.2, 0.25) is 0 Å². The van der Waals surface area contributed by atoms with Crippen LogP contribution in [0.25, 0.3) is 10.9 Å². The highest BCUT2D eigenvalue weighted by molar-refractivity contribution is 7.90. The Morgan fingerprint density at radius 1 is 1.06 bits per heavy atom. The number of aryl methyl sites for hydroxylation is 2. The summed E-state index contributed by atoms with van der Waals surface area (Å²) >= 11 is 6.22. The van der Waals surface area contributed by atoms with Gasteiger partial charge in [0.05, 0.1) is 11.5 Å². The first-order valence-corrected chi connectivity index (χ1v) is 12.7. The van der Waals surface area contributed by atoms with Gasteiger partial charge >= 0.3 is 0 Å². The van der Waals surface area contributed by atoms with Gasteiger partial charge in [-0.3, -0.25) is 14.9 Å². The fourth-order valence-corrected chi connectivity index (χ4v) is 5.19. The van der Waals surface area contributed by atoms with Gasteiger partial charge in [0.1, 0.15) is 18.1 Å². The zero-order valence-corrected chi connectivity index (χ0v) is 21.0. The maximum Gasteiger partial charge on any atom is 0.289 e. The molecule has 4 rings (SSSR count). The van der Waals surface area contributed by atoms with Crippen molar-refractivity contribution < 1.29 is 22.9 Å². The number of sulfonamides is 1. The van der Waals surface area contributed by atoms with Crippen molar-refractivity contribution in [1.29, 1.82) is 0 Å². The van der Waals surface area contributed by atoms with E-state index in [9.17, 15) is 23.3 Å². The Bertz CT molecular complexity index is 1570. The van der Waals surface area contributed by atoms with Crippen LogP contribution in [0.1, 0.15) is 21.6 Å². The third-order valence-corrected chi connectivity index (χ3v) is 7.59. The molecule has 36 heavy (non-hydrogen) atoms. The van der Waals surface area contributed by atoms with Crippen LogP contribution in [0.3, 0.4) is 0 Å². The molecule has 9 nitrogen and oxygen atoms in total. The van der Waals surface area contributed by atoms with E-state index >= 15 is 0 Å². The van der Waals surface area contributed by atoms with Gasteiger partial charge in [-0.05, 0) is 55.3 Å². The highest BCUT2D eigenvalue weighted by atomic mass is 35.5. The number of hydrogen-bond donors (Lipinski definition) is 1. The molecule has 1 heterocycles. The van der Waals surface area contributed by atoms with Crippen molar-refractivity contribution in [2.45, 2.75) is 25.3 Å². The third-order valence-electron chi connectivity index (χ3n) is 5.62. The van der Waals surface area contributed by atoms with E-state index in [4.69, 9.17) is 16.3 Å². The molecule has 3 aromatic carbocycles. The number of aromatic nitrogens is 1. The lowest BCUT2D eigenvalue weighted by Crippen LogP contribution is -2.32. The Balaban J connectivity index is 1.62. The summed E-state index contributed by atoms with van der Waals surface area (Å²) < 4.78 is 35.3. The second-order valence-corrected chi connectivity index (χ2v) is 10.1.